The third kappa shape index (κ3) is 3.13. The van der Waals surface area contributed by atoms with E-state index in [0.29, 0.717) is 11.4 Å². The standard InChI is InChI=1S/C16H18N2O3/c19-16(20)15-8-14(12-5-1-2-6-13(12)18-15)17-9-11-4-3-7-21-10-11/h1-2,5-6,8,11H,3-4,7,9-10H2,(H,17,18)(H,19,20). The van der Waals surface area contributed by atoms with E-state index in [4.69, 9.17) is 4.74 Å². The van der Waals surface area contributed by atoms with Gasteiger partial charge in [-0.3, -0.25) is 0 Å². The maximum atomic E-state index is 11.2. The van der Waals surface area contributed by atoms with Crippen LogP contribution in [-0.4, -0.2) is 35.8 Å². The summed E-state index contributed by atoms with van der Waals surface area (Å²) in [4.78, 5) is 15.4. The van der Waals surface area contributed by atoms with E-state index in [1.54, 1.807) is 6.07 Å². The van der Waals surface area contributed by atoms with Crippen molar-refractivity contribution in [3.63, 3.8) is 0 Å². The zero-order valence-electron chi connectivity index (χ0n) is 11.7. The summed E-state index contributed by atoms with van der Waals surface area (Å²) in [5, 5.41) is 13.5. The number of aromatic carboxylic acids is 1. The number of carboxylic acid groups (broad SMARTS) is 1. The lowest BCUT2D eigenvalue weighted by molar-refractivity contribution is 0.0595. The molecule has 5 heteroatoms. The molecule has 0 bridgehead atoms. The summed E-state index contributed by atoms with van der Waals surface area (Å²) in [6.07, 6.45) is 2.23. The minimum atomic E-state index is -1.01. The normalized spacial score (nSPS) is 18.6. The van der Waals surface area contributed by atoms with Gasteiger partial charge in [-0.25, -0.2) is 9.78 Å². The molecule has 21 heavy (non-hydrogen) atoms. The van der Waals surface area contributed by atoms with E-state index in [-0.39, 0.29) is 5.69 Å². The second kappa shape index (κ2) is 6.10. The Balaban J connectivity index is 1.86. The van der Waals surface area contributed by atoms with Crippen molar-refractivity contribution in [2.24, 2.45) is 5.92 Å². The van der Waals surface area contributed by atoms with E-state index in [9.17, 15) is 9.90 Å². The van der Waals surface area contributed by atoms with Gasteiger partial charge in [0.15, 0.2) is 5.69 Å². The number of para-hydroxylation sites is 1. The fourth-order valence-corrected chi connectivity index (χ4v) is 2.65. The number of rotatable bonds is 4. The summed E-state index contributed by atoms with van der Waals surface area (Å²) < 4.78 is 5.47. The van der Waals surface area contributed by atoms with Crippen molar-refractivity contribution >= 4 is 22.6 Å². The average molecular weight is 286 g/mol. The Kier molecular flexibility index (Phi) is 4.01. The van der Waals surface area contributed by atoms with Crippen LogP contribution >= 0.6 is 0 Å². The van der Waals surface area contributed by atoms with Crippen LogP contribution in [-0.2, 0) is 4.74 Å². The maximum Gasteiger partial charge on any atom is 0.354 e. The van der Waals surface area contributed by atoms with Crippen molar-refractivity contribution < 1.29 is 14.6 Å². The minimum Gasteiger partial charge on any atom is -0.477 e. The molecule has 0 radical (unpaired) electrons. The largest absolute Gasteiger partial charge is 0.477 e. The van der Waals surface area contributed by atoms with Gasteiger partial charge in [-0.15, -0.1) is 0 Å². The van der Waals surface area contributed by atoms with E-state index in [2.05, 4.69) is 10.3 Å². The van der Waals surface area contributed by atoms with Crippen LogP contribution in [0.15, 0.2) is 30.3 Å². The number of pyridine rings is 1. The molecule has 0 aliphatic carbocycles. The molecule has 1 fully saturated rings. The molecular formula is C16H18N2O3. The van der Waals surface area contributed by atoms with Gasteiger partial charge in [-0.1, -0.05) is 18.2 Å². The number of hydrogen-bond donors (Lipinski definition) is 2. The molecule has 0 saturated carbocycles. The highest BCUT2D eigenvalue weighted by Gasteiger charge is 2.15. The van der Waals surface area contributed by atoms with Crippen LogP contribution in [0.3, 0.4) is 0 Å². The molecule has 1 aliphatic heterocycles. The first-order chi connectivity index (χ1) is 10.2. The summed E-state index contributed by atoms with van der Waals surface area (Å²) in [6, 6.07) is 9.18. The molecule has 1 aliphatic rings. The number of nitrogens with one attached hydrogen (secondary N) is 1. The molecular weight excluding hydrogens is 268 g/mol. The molecule has 0 amide bonds. The summed E-state index contributed by atoms with van der Waals surface area (Å²) in [5.41, 5.74) is 1.58. The number of aromatic nitrogens is 1. The van der Waals surface area contributed by atoms with Gasteiger partial charge in [0.1, 0.15) is 0 Å². The Morgan fingerprint density at radius 2 is 2.29 bits per heavy atom. The molecule has 2 heterocycles. The van der Waals surface area contributed by atoms with E-state index in [1.165, 1.54) is 0 Å². The van der Waals surface area contributed by atoms with Crippen molar-refractivity contribution in [3.05, 3.63) is 36.0 Å². The number of hydrogen-bond acceptors (Lipinski definition) is 4. The molecule has 1 aromatic heterocycles. The SMILES string of the molecule is O=C(O)c1cc(NCC2CCCOC2)c2ccccc2n1. The highest BCUT2D eigenvalue weighted by Crippen LogP contribution is 2.24. The lowest BCUT2D eigenvalue weighted by atomic mass is 10.0. The molecule has 2 aromatic rings. The number of benzene rings is 1. The summed E-state index contributed by atoms with van der Waals surface area (Å²) in [7, 11) is 0. The number of fused-ring (bicyclic) bond motifs is 1. The van der Waals surface area contributed by atoms with E-state index in [0.717, 1.165) is 43.7 Å². The first kappa shape index (κ1) is 13.8. The lowest BCUT2D eigenvalue weighted by Gasteiger charge is -2.23. The van der Waals surface area contributed by atoms with Crippen LogP contribution in [0.2, 0.25) is 0 Å². The van der Waals surface area contributed by atoms with Crippen LogP contribution in [0, 0.1) is 5.92 Å². The monoisotopic (exact) mass is 286 g/mol. The van der Waals surface area contributed by atoms with E-state index < -0.39 is 5.97 Å². The number of ether oxygens (including phenoxy) is 1. The summed E-state index contributed by atoms with van der Waals surface area (Å²) in [5.74, 6) is -0.538. The van der Waals surface area contributed by atoms with Crippen LogP contribution in [0.1, 0.15) is 23.3 Å². The summed E-state index contributed by atoms with van der Waals surface area (Å²) in [6.45, 7) is 2.40. The Hall–Kier alpha value is -2.14. The van der Waals surface area contributed by atoms with E-state index >= 15 is 0 Å². The Morgan fingerprint density at radius 3 is 3.05 bits per heavy atom. The highest BCUT2D eigenvalue weighted by molar-refractivity contribution is 5.97. The maximum absolute atomic E-state index is 11.2. The Bertz CT molecular complexity index is 651. The number of carbonyl (C=O) groups is 1. The van der Waals surface area contributed by atoms with Gasteiger partial charge in [0, 0.05) is 24.2 Å². The first-order valence-electron chi connectivity index (χ1n) is 7.19. The second-order valence-corrected chi connectivity index (χ2v) is 5.34. The van der Waals surface area contributed by atoms with Crippen LogP contribution in [0.4, 0.5) is 5.69 Å². The molecule has 110 valence electrons. The molecule has 1 aromatic carbocycles. The van der Waals surface area contributed by atoms with Gasteiger partial charge >= 0.3 is 5.97 Å². The van der Waals surface area contributed by atoms with Gasteiger partial charge in [-0.05, 0) is 30.9 Å². The smallest absolute Gasteiger partial charge is 0.354 e. The molecule has 1 saturated heterocycles. The van der Waals surface area contributed by atoms with Gasteiger partial charge in [0.05, 0.1) is 12.1 Å². The summed E-state index contributed by atoms with van der Waals surface area (Å²) >= 11 is 0. The molecule has 3 rings (SSSR count). The third-order valence-electron chi connectivity index (χ3n) is 3.77. The molecule has 1 atom stereocenters. The fourth-order valence-electron chi connectivity index (χ4n) is 2.65. The number of anilines is 1. The minimum absolute atomic E-state index is 0.0658. The zero-order chi connectivity index (χ0) is 14.7. The Labute approximate surface area is 123 Å². The van der Waals surface area contributed by atoms with Crippen molar-refractivity contribution in [1.82, 2.24) is 4.98 Å². The Morgan fingerprint density at radius 1 is 1.43 bits per heavy atom. The average Bonchev–Trinajstić information content (AvgIpc) is 2.53. The lowest BCUT2D eigenvalue weighted by Crippen LogP contribution is -2.24. The van der Waals surface area contributed by atoms with Crippen molar-refractivity contribution in [1.29, 1.82) is 0 Å². The number of carboxylic acids is 1. The van der Waals surface area contributed by atoms with Gasteiger partial charge < -0.3 is 15.2 Å². The van der Waals surface area contributed by atoms with Gasteiger partial charge in [0.25, 0.3) is 0 Å². The van der Waals surface area contributed by atoms with Crippen molar-refractivity contribution in [3.8, 4) is 0 Å². The molecule has 1 unspecified atom stereocenters. The van der Waals surface area contributed by atoms with E-state index in [1.807, 2.05) is 24.3 Å². The van der Waals surface area contributed by atoms with Crippen molar-refractivity contribution in [2.45, 2.75) is 12.8 Å². The van der Waals surface area contributed by atoms with Gasteiger partial charge in [-0.2, -0.15) is 0 Å². The molecule has 0 spiro atoms. The highest BCUT2D eigenvalue weighted by atomic mass is 16.5. The van der Waals surface area contributed by atoms with Crippen molar-refractivity contribution in [2.75, 3.05) is 25.1 Å². The number of nitrogens with zero attached hydrogens (tertiary/aromatic N) is 1. The fraction of sp³-hybridized carbons (Fsp3) is 0.375. The predicted molar refractivity (Wildman–Crippen MR) is 80.7 cm³/mol. The van der Waals surface area contributed by atoms with Crippen LogP contribution in [0.5, 0.6) is 0 Å². The van der Waals surface area contributed by atoms with Crippen LogP contribution < -0.4 is 5.32 Å². The van der Waals surface area contributed by atoms with Gasteiger partial charge in [0.2, 0.25) is 0 Å². The first-order valence-corrected chi connectivity index (χ1v) is 7.19. The second-order valence-electron chi connectivity index (χ2n) is 5.34. The predicted octanol–water partition coefficient (Wildman–Crippen LogP) is 2.77. The molecule has 2 N–H and O–H groups in total. The third-order valence-corrected chi connectivity index (χ3v) is 3.77. The molecule has 5 nitrogen and oxygen atoms in total. The topological polar surface area (TPSA) is 71.5 Å². The van der Waals surface area contributed by atoms with Crippen LogP contribution in [0.25, 0.3) is 10.9 Å². The quantitative estimate of drug-likeness (QED) is 0.904. The zero-order valence-corrected chi connectivity index (χ0v) is 11.7.